The molecule has 0 atom stereocenters. The normalized spacial score (nSPS) is 10.7. The van der Waals surface area contributed by atoms with Crippen molar-refractivity contribution in [3.05, 3.63) is 65.4 Å². The molecule has 0 bridgehead atoms. The quantitative estimate of drug-likeness (QED) is 0.411. The Bertz CT molecular complexity index is 1280. The molecule has 2 aromatic heterocycles. The van der Waals surface area contributed by atoms with Crippen LogP contribution < -0.4 is 19.5 Å². The minimum absolute atomic E-state index is 0.00480. The first kappa shape index (κ1) is 22.0. The molecule has 0 aliphatic carbocycles. The molecule has 9 nitrogen and oxygen atoms in total. The predicted molar refractivity (Wildman–Crippen MR) is 118 cm³/mol. The summed E-state index contributed by atoms with van der Waals surface area (Å²) >= 11 is 0. The van der Waals surface area contributed by atoms with Crippen molar-refractivity contribution >= 4 is 11.6 Å². The van der Waals surface area contributed by atoms with Crippen molar-refractivity contribution in [2.45, 2.75) is 20.5 Å². The van der Waals surface area contributed by atoms with Crippen molar-refractivity contribution in [2.24, 2.45) is 0 Å². The maximum absolute atomic E-state index is 13.5. The maximum atomic E-state index is 13.5. The van der Waals surface area contributed by atoms with Crippen molar-refractivity contribution in [1.29, 1.82) is 0 Å². The molecule has 2 heterocycles. The molecule has 0 amide bonds. The number of hydrogen-bond donors (Lipinski definition) is 1. The summed E-state index contributed by atoms with van der Waals surface area (Å²) in [5, 5.41) is 7.07. The lowest BCUT2D eigenvalue weighted by Crippen LogP contribution is -2.03. The Kier molecular flexibility index (Phi) is 6.34. The topological polar surface area (TPSA) is 104 Å². The molecule has 0 spiro atoms. The van der Waals surface area contributed by atoms with E-state index in [0.29, 0.717) is 51.7 Å². The molecular formula is C23H22FN5O4. The second kappa shape index (κ2) is 9.51. The van der Waals surface area contributed by atoms with Crippen LogP contribution in [0.25, 0.3) is 11.4 Å². The van der Waals surface area contributed by atoms with Gasteiger partial charge in [0, 0.05) is 17.4 Å². The molecule has 0 aliphatic rings. The molecule has 0 fully saturated rings. The number of halogens is 1. The highest BCUT2D eigenvalue weighted by atomic mass is 19.1. The first-order valence-corrected chi connectivity index (χ1v) is 10.0. The molecule has 0 radical (unpaired) electrons. The zero-order chi connectivity index (χ0) is 23.4. The van der Waals surface area contributed by atoms with Gasteiger partial charge in [0.1, 0.15) is 5.82 Å². The smallest absolute Gasteiger partial charge is 0.264 e. The van der Waals surface area contributed by atoms with E-state index in [1.165, 1.54) is 6.07 Å². The van der Waals surface area contributed by atoms with Gasteiger partial charge in [-0.25, -0.2) is 9.37 Å². The van der Waals surface area contributed by atoms with Gasteiger partial charge in [0.05, 0.1) is 19.8 Å². The standard InChI is InChI=1S/C23H22FN5O4/c1-13-10-15(8-9-17(13)24)26-23-25-14(2)11-19(28-23)32-12-20-27-22(29-33-20)16-6-5-7-18(30-3)21(16)31-4/h5-11H,12H2,1-4H3,(H,25,26,28). The molecule has 4 aromatic rings. The Morgan fingerprint density at radius 1 is 1.00 bits per heavy atom. The number of hydrogen-bond acceptors (Lipinski definition) is 9. The highest BCUT2D eigenvalue weighted by molar-refractivity contribution is 5.68. The van der Waals surface area contributed by atoms with Crippen molar-refractivity contribution in [1.82, 2.24) is 20.1 Å². The SMILES string of the molecule is COc1cccc(-c2noc(COc3cc(C)nc(Nc4ccc(F)c(C)c4)n3)n2)c1OC. The number of rotatable bonds is 8. The number of nitrogens with one attached hydrogen (secondary N) is 1. The Balaban J connectivity index is 1.48. The van der Waals surface area contributed by atoms with E-state index in [4.69, 9.17) is 18.7 Å². The van der Waals surface area contributed by atoms with Crippen molar-refractivity contribution < 1.29 is 23.1 Å². The van der Waals surface area contributed by atoms with Gasteiger partial charge < -0.3 is 24.1 Å². The first-order valence-electron chi connectivity index (χ1n) is 10.0. The monoisotopic (exact) mass is 451 g/mol. The maximum Gasteiger partial charge on any atom is 0.264 e. The third kappa shape index (κ3) is 5.00. The number of aryl methyl sites for hydroxylation is 2. The molecule has 0 saturated carbocycles. The molecule has 4 rings (SSSR count). The van der Waals surface area contributed by atoms with Crippen LogP contribution in [0.15, 0.2) is 47.0 Å². The number of para-hydroxylation sites is 1. The van der Waals surface area contributed by atoms with E-state index in [9.17, 15) is 4.39 Å². The van der Waals surface area contributed by atoms with Crippen molar-refractivity contribution in [3.8, 4) is 28.8 Å². The van der Waals surface area contributed by atoms with Crippen LogP contribution in [0.3, 0.4) is 0 Å². The van der Waals surface area contributed by atoms with Crippen molar-refractivity contribution in [2.75, 3.05) is 19.5 Å². The van der Waals surface area contributed by atoms with E-state index in [1.54, 1.807) is 51.5 Å². The van der Waals surface area contributed by atoms with Crippen LogP contribution >= 0.6 is 0 Å². The molecule has 0 aliphatic heterocycles. The highest BCUT2D eigenvalue weighted by Crippen LogP contribution is 2.36. The number of nitrogens with zero attached hydrogens (tertiary/aromatic N) is 4. The summed E-state index contributed by atoms with van der Waals surface area (Å²) in [5.74, 6) is 2.04. The van der Waals surface area contributed by atoms with Crippen LogP contribution in [0.5, 0.6) is 17.4 Å². The van der Waals surface area contributed by atoms with Gasteiger partial charge in [0.15, 0.2) is 18.1 Å². The van der Waals surface area contributed by atoms with E-state index in [-0.39, 0.29) is 18.3 Å². The van der Waals surface area contributed by atoms with Crippen LogP contribution in [-0.4, -0.2) is 34.3 Å². The second-order valence-electron chi connectivity index (χ2n) is 7.10. The van der Waals surface area contributed by atoms with E-state index in [0.717, 1.165) is 0 Å². The summed E-state index contributed by atoms with van der Waals surface area (Å²) in [4.78, 5) is 13.1. The molecule has 0 saturated heterocycles. The van der Waals surface area contributed by atoms with Gasteiger partial charge in [-0.3, -0.25) is 0 Å². The predicted octanol–water partition coefficient (Wildman–Crippen LogP) is 4.62. The second-order valence-corrected chi connectivity index (χ2v) is 7.10. The Hall–Kier alpha value is -4.21. The van der Waals surface area contributed by atoms with E-state index >= 15 is 0 Å². The minimum Gasteiger partial charge on any atom is -0.493 e. The van der Waals surface area contributed by atoms with Crippen LogP contribution in [0.4, 0.5) is 16.0 Å². The third-order valence-corrected chi connectivity index (χ3v) is 4.70. The van der Waals surface area contributed by atoms with E-state index in [2.05, 4.69) is 25.4 Å². The van der Waals surface area contributed by atoms with Crippen LogP contribution in [0.1, 0.15) is 17.1 Å². The average Bonchev–Trinajstić information content (AvgIpc) is 3.28. The highest BCUT2D eigenvalue weighted by Gasteiger charge is 2.17. The molecule has 170 valence electrons. The summed E-state index contributed by atoms with van der Waals surface area (Å²) in [7, 11) is 3.10. The largest absolute Gasteiger partial charge is 0.493 e. The Morgan fingerprint density at radius 3 is 2.61 bits per heavy atom. The van der Waals surface area contributed by atoms with E-state index < -0.39 is 0 Å². The lowest BCUT2D eigenvalue weighted by molar-refractivity contribution is 0.235. The number of benzene rings is 2. The molecule has 33 heavy (non-hydrogen) atoms. The zero-order valence-corrected chi connectivity index (χ0v) is 18.5. The summed E-state index contributed by atoms with van der Waals surface area (Å²) < 4.78 is 35.3. The van der Waals surface area contributed by atoms with Crippen LogP contribution in [-0.2, 0) is 6.61 Å². The van der Waals surface area contributed by atoms with Gasteiger partial charge in [0.2, 0.25) is 17.7 Å². The van der Waals surface area contributed by atoms with Gasteiger partial charge in [-0.2, -0.15) is 9.97 Å². The van der Waals surface area contributed by atoms with Crippen molar-refractivity contribution in [3.63, 3.8) is 0 Å². The van der Waals surface area contributed by atoms with Gasteiger partial charge in [-0.1, -0.05) is 11.2 Å². The van der Waals surface area contributed by atoms with E-state index in [1.807, 2.05) is 13.0 Å². The van der Waals surface area contributed by atoms with Gasteiger partial charge >= 0.3 is 0 Å². The minimum atomic E-state index is -0.278. The lowest BCUT2D eigenvalue weighted by atomic mass is 10.1. The summed E-state index contributed by atoms with van der Waals surface area (Å²) in [6.45, 7) is 3.51. The zero-order valence-electron chi connectivity index (χ0n) is 18.5. The van der Waals surface area contributed by atoms with Gasteiger partial charge in [0.25, 0.3) is 5.89 Å². The Morgan fingerprint density at radius 2 is 1.85 bits per heavy atom. The fourth-order valence-corrected chi connectivity index (χ4v) is 3.14. The number of methoxy groups -OCH3 is 2. The summed E-state index contributed by atoms with van der Waals surface area (Å²) in [6, 6.07) is 11.8. The number of anilines is 2. The molecule has 2 aromatic carbocycles. The van der Waals surface area contributed by atoms with Gasteiger partial charge in [-0.15, -0.1) is 0 Å². The molecule has 0 unspecified atom stereocenters. The fraction of sp³-hybridized carbons (Fsp3) is 0.217. The van der Waals surface area contributed by atoms with Crippen LogP contribution in [0, 0.1) is 19.7 Å². The van der Waals surface area contributed by atoms with Crippen LogP contribution in [0.2, 0.25) is 0 Å². The molecule has 1 N–H and O–H groups in total. The number of ether oxygens (including phenoxy) is 3. The third-order valence-electron chi connectivity index (χ3n) is 4.70. The molecule has 10 heteroatoms. The lowest BCUT2D eigenvalue weighted by Gasteiger charge is -2.10. The van der Waals surface area contributed by atoms with Gasteiger partial charge in [-0.05, 0) is 49.7 Å². The molecular weight excluding hydrogens is 429 g/mol. The fourth-order valence-electron chi connectivity index (χ4n) is 3.14. The Labute approximate surface area is 189 Å². The summed E-state index contributed by atoms with van der Waals surface area (Å²) in [5.41, 5.74) is 2.50. The average molecular weight is 451 g/mol. The summed E-state index contributed by atoms with van der Waals surface area (Å²) in [6.07, 6.45) is 0. The first-order chi connectivity index (χ1) is 16.0. The number of aromatic nitrogens is 4.